The van der Waals surface area contributed by atoms with Crippen molar-refractivity contribution in [2.75, 3.05) is 6.54 Å². The minimum atomic E-state index is 0.667. The van der Waals surface area contributed by atoms with Crippen LogP contribution in [0.5, 0.6) is 0 Å². The van der Waals surface area contributed by atoms with E-state index in [0.717, 1.165) is 13.0 Å². The van der Waals surface area contributed by atoms with Gasteiger partial charge in [-0.15, -0.1) is 0 Å². The van der Waals surface area contributed by atoms with Gasteiger partial charge in [-0.05, 0) is 51.6 Å². The summed E-state index contributed by atoms with van der Waals surface area (Å²) < 4.78 is 2.01. The van der Waals surface area contributed by atoms with Crippen molar-refractivity contribution < 1.29 is 0 Å². The van der Waals surface area contributed by atoms with Crippen molar-refractivity contribution in [3.8, 4) is 0 Å². The number of aryl methyl sites for hydroxylation is 2. The molecule has 1 unspecified atom stereocenters. The summed E-state index contributed by atoms with van der Waals surface area (Å²) in [5.74, 6) is 0. The lowest BCUT2D eigenvalue weighted by atomic mass is 9.99. The van der Waals surface area contributed by atoms with Gasteiger partial charge in [-0.3, -0.25) is 4.68 Å². The van der Waals surface area contributed by atoms with Crippen molar-refractivity contribution in [1.82, 2.24) is 15.1 Å². The highest BCUT2D eigenvalue weighted by molar-refractivity contribution is 5.24. The van der Waals surface area contributed by atoms with E-state index in [4.69, 9.17) is 0 Å². The van der Waals surface area contributed by atoms with Crippen LogP contribution in [0.1, 0.15) is 75.7 Å². The molecular weight excluding hydrogens is 258 g/mol. The van der Waals surface area contributed by atoms with Crippen LogP contribution in [0.3, 0.4) is 0 Å². The lowest BCUT2D eigenvalue weighted by Gasteiger charge is -2.18. The summed E-state index contributed by atoms with van der Waals surface area (Å²) >= 11 is 0. The molecule has 1 aromatic heterocycles. The minimum absolute atomic E-state index is 0.667. The average molecular weight is 293 g/mol. The van der Waals surface area contributed by atoms with Crippen LogP contribution in [0.4, 0.5) is 0 Å². The molecule has 0 aliphatic rings. The van der Waals surface area contributed by atoms with E-state index in [1.807, 2.05) is 11.7 Å². The molecule has 1 heterocycles. The number of nitrogens with zero attached hydrogens (tertiary/aromatic N) is 2. The first kappa shape index (κ1) is 18.2. The van der Waals surface area contributed by atoms with Gasteiger partial charge < -0.3 is 5.32 Å². The maximum atomic E-state index is 4.53. The molecule has 0 spiro atoms. The van der Waals surface area contributed by atoms with Gasteiger partial charge in [0.1, 0.15) is 0 Å². The van der Waals surface area contributed by atoms with Gasteiger partial charge in [0.25, 0.3) is 0 Å². The van der Waals surface area contributed by atoms with Crippen LogP contribution in [-0.2, 0) is 13.5 Å². The Kier molecular flexibility index (Phi) is 8.67. The van der Waals surface area contributed by atoms with Crippen molar-refractivity contribution in [3.63, 3.8) is 0 Å². The van der Waals surface area contributed by atoms with Gasteiger partial charge in [-0.2, -0.15) is 5.10 Å². The monoisotopic (exact) mass is 293 g/mol. The Morgan fingerprint density at radius 3 is 2.38 bits per heavy atom. The van der Waals surface area contributed by atoms with Gasteiger partial charge >= 0.3 is 0 Å². The number of unbranched alkanes of at least 4 members (excludes halogenated alkanes) is 3. The Bertz CT molecular complexity index is 395. The quantitative estimate of drug-likeness (QED) is 0.616. The number of rotatable bonds is 11. The largest absolute Gasteiger partial charge is 0.314 e. The first-order valence-corrected chi connectivity index (χ1v) is 8.82. The van der Waals surface area contributed by atoms with Crippen LogP contribution in [0, 0.1) is 13.8 Å². The summed E-state index contributed by atoms with van der Waals surface area (Å²) in [6.45, 7) is 9.99. The maximum absolute atomic E-state index is 4.53. The fraction of sp³-hybridized carbons (Fsp3) is 0.833. The number of hydrogen-bond acceptors (Lipinski definition) is 2. The molecular formula is C18H35N3. The first-order chi connectivity index (χ1) is 10.1. The van der Waals surface area contributed by atoms with Crippen LogP contribution < -0.4 is 5.32 Å². The van der Waals surface area contributed by atoms with Gasteiger partial charge in [0.05, 0.1) is 5.69 Å². The van der Waals surface area contributed by atoms with Gasteiger partial charge in [-0.1, -0.05) is 39.5 Å². The van der Waals surface area contributed by atoms with E-state index in [-0.39, 0.29) is 0 Å². The van der Waals surface area contributed by atoms with Crippen LogP contribution in [0.25, 0.3) is 0 Å². The van der Waals surface area contributed by atoms with E-state index in [9.17, 15) is 0 Å². The van der Waals surface area contributed by atoms with Crippen LogP contribution in [-0.4, -0.2) is 22.4 Å². The van der Waals surface area contributed by atoms with Gasteiger partial charge in [0, 0.05) is 18.8 Å². The van der Waals surface area contributed by atoms with Gasteiger partial charge in [-0.25, -0.2) is 0 Å². The zero-order valence-electron chi connectivity index (χ0n) is 14.8. The SMILES string of the molecule is CCCCCCC(CCc1c(C)nn(C)c1C)NCCC. The predicted octanol–water partition coefficient (Wildman–Crippen LogP) is 4.31. The Hall–Kier alpha value is -0.830. The second-order valence-corrected chi connectivity index (χ2v) is 6.31. The molecule has 0 saturated carbocycles. The first-order valence-electron chi connectivity index (χ1n) is 8.82. The second-order valence-electron chi connectivity index (χ2n) is 6.31. The van der Waals surface area contributed by atoms with E-state index in [2.05, 4.69) is 38.1 Å². The molecule has 0 radical (unpaired) electrons. The molecule has 122 valence electrons. The topological polar surface area (TPSA) is 29.9 Å². The smallest absolute Gasteiger partial charge is 0.0628 e. The Morgan fingerprint density at radius 2 is 1.81 bits per heavy atom. The van der Waals surface area contributed by atoms with Crippen LogP contribution in [0.2, 0.25) is 0 Å². The summed E-state index contributed by atoms with van der Waals surface area (Å²) in [4.78, 5) is 0. The van der Waals surface area contributed by atoms with E-state index in [0.29, 0.717) is 6.04 Å². The van der Waals surface area contributed by atoms with Crippen molar-refractivity contribution in [3.05, 3.63) is 17.0 Å². The zero-order valence-corrected chi connectivity index (χ0v) is 14.8. The van der Waals surface area contributed by atoms with Gasteiger partial charge in [0.15, 0.2) is 0 Å². The van der Waals surface area contributed by atoms with Crippen molar-refractivity contribution >= 4 is 0 Å². The van der Waals surface area contributed by atoms with Crippen LogP contribution in [0.15, 0.2) is 0 Å². The number of nitrogens with one attached hydrogen (secondary N) is 1. The van der Waals surface area contributed by atoms with Gasteiger partial charge in [0.2, 0.25) is 0 Å². The summed E-state index contributed by atoms with van der Waals surface area (Å²) in [6, 6.07) is 0.667. The Labute approximate surface area is 131 Å². The summed E-state index contributed by atoms with van der Waals surface area (Å²) in [6.07, 6.45) is 10.4. The van der Waals surface area contributed by atoms with E-state index in [1.165, 1.54) is 61.9 Å². The highest BCUT2D eigenvalue weighted by Gasteiger charge is 2.13. The van der Waals surface area contributed by atoms with E-state index in [1.54, 1.807) is 0 Å². The van der Waals surface area contributed by atoms with Crippen LogP contribution >= 0.6 is 0 Å². The predicted molar refractivity (Wildman–Crippen MR) is 91.8 cm³/mol. The zero-order chi connectivity index (χ0) is 15.7. The average Bonchev–Trinajstić information content (AvgIpc) is 2.71. The molecule has 0 saturated heterocycles. The second kappa shape index (κ2) is 9.99. The lowest BCUT2D eigenvalue weighted by molar-refractivity contribution is 0.432. The maximum Gasteiger partial charge on any atom is 0.0628 e. The highest BCUT2D eigenvalue weighted by Crippen LogP contribution is 2.17. The summed E-state index contributed by atoms with van der Waals surface area (Å²) in [5.41, 5.74) is 3.98. The molecule has 21 heavy (non-hydrogen) atoms. The van der Waals surface area contributed by atoms with E-state index >= 15 is 0 Å². The third-order valence-electron chi connectivity index (χ3n) is 4.49. The molecule has 0 aliphatic carbocycles. The minimum Gasteiger partial charge on any atom is -0.314 e. The molecule has 1 rings (SSSR count). The molecule has 3 heteroatoms. The number of aromatic nitrogens is 2. The fourth-order valence-corrected chi connectivity index (χ4v) is 3.01. The molecule has 1 N–H and O–H groups in total. The molecule has 3 nitrogen and oxygen atoms in total. The lowest BCUT2D eigenvalue weighted by Crippen LogP contribution is -2.30. The molecule has 1 aromatic rings. The van der Waals surface area contributed by atoms with E-state index < -0.39 is 0 Å². The highest BCUT2D eigenvalue weighted by atomic mass is 15.3. The molecule has 0 fully saturated rings. The molecule has 0 aromatic carbocycles. The van der Waals surface area contributed by atoms with Crippen molar-refractivity contribution in [1.29, 1.82) is 0 Å². The summed E-state index contributed by atoms with van der Waals surface area (Å²) in [7, 11) is 2.05. The Balaban J connectivity index is 2.47. The third kappa shape index (κ3) is 6.21. The number of hydrogen-bond donors (Lipinski definition) is 1. The summed E-state index contributed by atoms with van der Waals surface area (Å²) in [5, 5.41) is 8.27. The molecule has 1 atom stereocenters. The molecule has 0 amide bonds. The fourth-order valence-electron chi connectivity index (χ4n) is 3.01. The van der Waals surface area contributed by atoms with Crippen molar-refractivity contribution in [2.45, 2.75) is 85.1 Å². The standard InChI is InChI=1S/C18H35N3/c1-6-8-9-10-11-17(19-14-7-2)12-13-18-15(3)20-21(5)16(18)4/h17,19H,6-14H2,1-5H3. The molecule has 0 bridgehead atoms. The Morgan fingerprint density at radius 1 is 1.05 bits per heavy atom. The normalized spacial score (nSPS) is 12.8. The molecule has 0 aliphatic heterocycles. The van der Waals surface area contributed by atoms with Crippen molar-refractivity contribution in [2.24, 2.45) is 7.05 Å². The third-order valence-corrected chi connectivity index (χ3v) is 4.49.